The van der Waals surface area contributed by atoms with E-state index < -0.39 is 5.92 Å². The lowest BCUT2D eigenvalue weighted by Gasteiger charge is -2.26. The Labute approximate surface area is 228 Å². The highest BCUT2D eigenvalue weighted by Crippen LogP contribution is 2.20. The first-order valence-electron chi connectivity index (χ1n) is 14.3. The number of carbonyl (C=O) groups excluding carboxylic acids is 3. The van der Waals surface area contributed by atoms with Crippen molar-refractivity contribution in [3.05, 3.63) is 20.9 Å². The number of hydrogen-bond donors (Lipinski definition) is 0. The molecule has 0 unspecified atom stereocenters. The number of azide groups is 2. The van der Waals surface area contributed by atoms with E-state index in [1.54, 1.807) is 7.11 Å². The first-order valence-corrected chi connectivity index (χ1v) is 14.3. The van der Waals surface area contributed by atoms with Crippen LogP contribution in [-0.4, -0.2) is 62.3 Å². The highest BCUT2D eigenvalue weighted by molar-refractivity contribution is 5.87. The van der Waals surface area contributed by atoms with Gasteiger partial charge in [-0.25, -0.2) is 0 Å². The van der Waals surface area contributed by atoms with Crippen LogP contribution in [0, 0.1) is 5.92 Å². The first-order chi connectivity index (χ1) is 18.5. The van der Waals surface area contributed by atoms with Crippen LogP contribution in [0.15, 0.2) is 10.2 Å². The Balaban J connectivity index is 4.87. The van der Waals surface area contributed by atoms with E-state index >= 15 is 0 Å². The van der Waals surface area contributed by atoms with Gasteiger partial charge in [0.05, 0.1) is 0 Å². The van der Waals surface area contributed by atoms with Crippen molar-refractivity contribution in [2.24, 2.45) is 16.1 Å². The van der Waals surface area contributed by atoms with Crippen LogP contribution in [0.4, 0.5) is 0 Å². The maximum absolute atomic E-state index is 13.4. The zero-order valence-corrected chi connectivity index (χ0v) is 23.7. The predicted molar refractivity (Wildman–Crippen MR) is 150 cm³/mol. The third kappa shape index (κ3) is 20.4. The summed E-state index contributed by atoms with van der Waals surface area (Å²) in [7, 11) is 1.58. The molecule has 0 heterocycles. The third-order valence-electron chi connectivity index (χ3n) is 6.59. The largest absolute Gasteiger partial charge is 0.385 e. The van der Waals surface area contributed by atoms with Gasteiger partial charge in [-0.3, -0.25) is 14.4 Å². The van der Waals surface area contributed by atoms with Gasteiger partial charge in [-0.05, 0) is 30.3 Å². The van der Waals surface area contributed by atoms with E-state index in [9.17, 15) is 14.4 Å². The Morgan fingerprint density at radius 3 is 1.82 bits per heavy atom. The Kier molecular flexibility index (Phi) is 24.2. The fraction of sp³-hybridized carbons (Fsp3) is 0.889. The second-order valence-electron chi connectivity index (χ2n) is 9.78. The van der Waals surface area contributed by atoms with Crippen LogP contribution in [0.2, 0.25) is 0 Å². The van der Waals surface area contributed by atoms with E-state index in [1.807, 2.05) is 0 Å². The molecule has 216 valence electrons. The summed E-state index contributed by atoms with van der Waals surface area (Å²) in [5, 5.41) is 7.00. The molecular formula is C27H49N7O4. The van der Waals surface area contributed by atoms with Crippen LogP contribution in [0.5, 0.6) is 0 Å². The molecule has 11 nitrogen and oxygen atoms in total. The van der Waals surface area contributed by atoms with Gasteiger partial charge in [0, 0.05) is 81.3 Å². The van der Waals surface area contributed by atoms with Gasteiger partial charge in [0.25, 0.3) is 0 Å². The van der Waals surface area contributed by atoms with Gasteiger partial charge in [-0.15, -0.1) is 0 Å². The molecule has 0 aliphatic heterocycles. The third-order valence-corrected chi connectivity index (χ3v) is 6.59. The number of ether oxygens (including phenoxy) is 1. The molecule has 11 heteroatoms. The topological polar surface area (TPSA) is 161 Å². The van der Waals surface area contributed by atoms with Crippen molar-refractivity contribution < 1.29 is 19.1 Å². The zero-order valence-electron chi connectivity index (χ0n) is 23.7. The molecule has 0 saturated heterocycles. The van der Waals surface area contributed by atoms with Crippen molar-refractivity contribution >= 4 is 17.5 Å². The van der Waals surface area contributed by atoms with Gasteiger partial charge in [0.15, 0.2) is 0 Å². The van der Waals surface area contributed by atoms with Gasteiger partial charge < -0.3 is 9.64 Å². The van der Waals surface area contributed by atoms with E-state index in [1.165, 1.54) is 49.8 Å². The van der Waals surface area contributed by atoms with Crippen LogP contribution in [0.1, 0.15) is 110 Å². The van der Waals surface area contributed by atoms with Gasteiger partial charge in [-0.1, -0.05) is 74.9 Å². The maximum Gasteiger partial charge on any atom is 0.226 e. The summed E-state index contributed by atoms with van der Waals surface area (Å²) in [4.78, 5) is 45.4. The monoisotopic (exact) mass is 535 g/mol. The van der Waals surface area contributed by atoms with Crippen LogP contribution in [-0.2, 0) is 19.1 Å². The Morgan fingerprint density at radius 2 is 1.29 bits per heavy atom. The molecule has 0 aromatic carbocycles. The van der Waals surface area contributed by atoms with Crippen molar-refractivity contribution in [3.63, 3.8) is 0 Å². The van der Waals surface area contributed by atoms with Crippen molar-refractivity contribution in [3.8, 4) is 0 Å². The first kappa shape index (κ1) is 35.4. The standard InChI is InChI=1S/C27H49N7O4/c1-3-4-5-6-7-8-9-10-11-12-14-26(36)23-24(16-17-25(35)15-13-22-38-2)27(37)34(20-18-30-32-28)21-19-31-33-29/h24H,3-23H2,1-2H3/t24-/m0/s1. The highest BCUT2D eigenvalue weighted by atomic mass is 16.5. The highest BCUT2D eigenvalue weighted by Gasteiger charge is 2.26. The summed E-state index contributed by atoms with van der Waals surface area (Å²) in [5.74, 6) is -0.835. The number of amides is 1. The molecule has 38 heavy (non-hydrogen) atoms. The Morgan fingerprint density at radius 1 is 0.763 bits per heavy atom. The molecule has 1 atom stereocenters. The minimum absolute atomic E-state index is 0.0276. The summed E-state index contributed by atoms with van der Waals surface area (Å²) in [6.45, 7) is 3.20. The molecular weight excluding hydrogens is 486 g/mol. The fourth-order valence-corrected chi connectivity index (χ4v) is 4.38. The van der Waals surface area contributed by atoms with Crippen LogP contribution in [0.3, 0.4) is 0 Å². The lowest BCUT2D eigenvalue weighted by molar-refractivity contribution is -0.138. The van der Waals surface area contributed by atoms with E-state index in [0.717, 1.165) is 19.3 Å². The minimum atomic E-state index is -0.630. The number of hydrogen-bond acceptors (Lipinski definition) is 6. The van der Waals surface area contributed by atoms with E-state index in [-0.39, 0.29) is 62.9 Å². The van der Waals surface area contributed by atoms with Gasteiger partial charge in [0.1, 0.15) is 11.6 Å². The van der Waals surface area contributed by atoms with Crippen molar-refractivity contribution in [1.82, 2.24) is 4.90 Å². The van der Waals surface area contributed by atoms with Crippen LogP contribution in [0.25, 0.3) is 20.9 Å². The average Bonchev–Trinajstić information content (AvgIpc) is 2.91. The minimum Gasteiger partial charge on any atom is -0.385 e. The Bertz CT molecular complexity index is 728. The van der Waals surface area contributed by atoms with Gasteiger partial charge in [-0.2, -0.15) is 0 Å². The number of unbranched alkanes of at least 4 members (excludes halogenated alkanes) is 9. The van der Waals surface area contributed by atoms with E-state index in [0.29, 0.717) is 25.9 Å². The lowest BCUT2D eigenvalue weighted by Crippen LogP contribution is -2.40. The fourth-order valence-electron chi connectivity index (χ4n) is 4.38. The van der Waals surface area contributed by atoms with Crippen molar-refractivity contribution in [1.29, 1.82) is 0 Å². The zero-order chi connectivity index (χ0) is 28.3. The molecule has 0 aliphatic carbocycles. The molecule has 1 amide bonds. The van der Waals surface area contributed by atoms with Crippen molar-refractivity contribution in [2.45, 2.75) is 110 Å². The summed E-state index contributed by atoms with van der Waals surface area (Å²) in [6, 6.07) is 0. The molecule has 0 saturated carbocycles. The summed E-state index contributed by atoms with van der Waals surface area (Å²) in [5.41, 5.74) is 17.2. The number of ketones is 2. The van der Waals surface area contributed by atoms with E-state index in [4.69, 9.17) is 15.8 Å². The van der Waals surface area contributed by atoms with Crippen molar-refractivity contribution in [2.75, 3.05) is 39.9 Å². The van der Waals surface area contributed by atoms with Crippen LogP contribution >= 0.6 is 0 Å². The second kappa shape index (κ2) is 26.0. The number of Topliss-reactive ketones (excluding diaryl/α,β-unsaturated/α-hetero) is 2. The molecule has 0 bridgehead atoms. The molecule has 0 fully saturated rings. The van der Waals surface area contributed by atoms with Crippen LogP contribution < -0.4 is 0 Å². The number of nitrogens with zero attached hydrogens (tertiary/aromatic N) is 7. The summed E-state index contributed by atoms with van der Waals surface area (Å²) < 4.78 is 5.00. The number of rotatable bonds is 27. The summed E-state index contributed by atoms with van der Waals surface area (Å²) >= 11 is 0. The summed E-state index contributed by atoms with van der Waals surface area (Å²) in [6.07, 6.45) is 13.8. The maximum atomic E-state index is 13.4. The Hall–Kier alpha value is -2.61. The molecule has 0 rings (SSSR count). The number of methoxy groups -OCH3 is 1. The normalized spacial score (nSPS) is 11.3. The molecule has 0 spiro atoms. The molecule has 0 aromatic heterocycles. The number of carbonyl (C=O) groups is 3. The average molecular weight is 536 g/mol. The SMILES string of the molecule is CCCCCCCCCCCCC(=O)C[C@H](CCC(=O)CCCOC)C(=O)N(CCN=[N+]=[N-])CCN=[N+]=[N-]. The molecule has 0 aliphatic rings. The molecule has 0 radical (unpaired) electrons. The lowest BCUT2D eigenvalue weighted by atomic mass is 9.91. The second-order valence-corrected chi connectivity index (χ2v) is 9.78. The molecule has 0 aromatic rings. The van der Waals surface area contributed by atoms with Gasteiger partial charge >= 0.3 is 0 Å². The van der Waals surface area contributed by atoms with E-state index in [2.05, 4.69) is 27.0 Å². The molecule has 0 N–H and O–H groups in total. The van der Waals surface area contributed by atoms with Gasteiger partial charge in [0.2, 0.25) is 5.91 Å². The quantitative estimate of drug-likeness (QED) is 0.0474. The predicted octanol–water partition coefficient (Wildman–Crippen LogP) is 7.10. The smallest absolute Gasteiger partial charge is 0.226 e.